The first kappa shape index (κ1) is 38.5. The molecule has 0 spiro atoms. The first-order valence-electron chi connectivity index (χ1n) is 14.8. The van der Waals surface area contributed by atoms with Crippen LogP contribution in [-0.4, -0.2) is 74.3 Å². The summed E-state index contributed by atoms with van der Waals surface area (Å²) in [5.41, 5.74) is 4.31. The highest BCUT2D eigenvalue weighted by Gasteiger charge is 2.41. The van der Waals surface area contributed by atoms with E-state index in [1.165, 1.54) is 106 Å². The Morgan fingerprint density at radius 1 is 0.577 bits per heavy atom. The molecule has 0 aromatic heterocycles. The van der Waals surface area contributed by atoms with E-state index in [2.05, 4.69) is 10.7 Å². The van der Waals surface area contributed by atoms with Crippen LogP contribution in [0.5, 0.6) is 17.2 Å². The molecule has 0 fully saturated rings. The molecule has 4 aromatic rings. The summed E-state index contributed by atoms with van der Waals surface area (Å²) in [5, 5.41) is 13.2. The van der Waals surface area contributed by atoms with Gasteiger partial charge in [0.2, 0.25) is 18.0 Å². The predicted molar refractivity (Wildman–Crippen MR) is 185 cm³/mol. The van der Waals surface area contributed by atoms with E-state index in [1.54, 1.807) is 0 Å². The third-order valence-corrected chi connectivity index (χ3v) is 7.54. The lowest BCUT2D eigenvalue weighted by molar-refractivity contribution is -0.159. The lowest BCUT2D eigenvalue weighted by Crippen LogP contribution is -2.54. The minimum absolute atomic E-state index is 0.00950. The fourth-order valence-corrected chi connectivity index (χ4v) is 4.67. The van der Waals surface area contributed by atoms with Crippen molar-refractivity contribution in [3.8, 4) is 17.2 Å². The van der Waals surface area contributed by atoms with Crippen molar-refractivity contribution in [1.82, 2.24) is 10.9 Å². The van der Waals surface area contributed by atoms with Crippen LogP contribution in [0, 0.1) is 0 Å². The van der Waals surface area contributed by atoms with Gasteiger partial charge in [0.05, 0.1) is 32.5 Å². The minimum Gasteiger partial charge on any atom is -0.493 e. The molecule has 52 heavy (non-hydrogen) atoms. The molecule has 0 heterocycles. The fourth-order valence-electron chi connectivity index (χ4n) is 4.42. The van der Waals surface area contributed by atoms with Gasteiger partial charge in [-0.05, 0) is 84.9 Å². The standard InChI is InChI=1S/C35H29Cl2N3O12/c1-48-25-16-21(17-26(49-2)27(25)50-3)30(41)38-24-14-8-18(9-15-24)31(42)39-40-32(43)28(51-34(46)19-4-10-22(36)11-5-19)29(33(44)45)52-35(47)20-6-12-23(37)13-7-20/h4-17,28-29H,1-3H3,(H,38,41)(H,39,42)(H,40,43)(H,44,45)/t28-,29+/m0/s1. The number of rotatable bonds is 13. The number of carbonyl (C=O) groups is 6. The van der Waals surface area contributed by atoms with Crippen molar-refractivity contribution in [1.29, 1.82) is 0 Å². The van der Waals surface area contributed by atoms with Crippen LogP contribution < -0.4 is 30.4 Å². The van der Waals surface area contributed by atoms with E-state index in [1.807, 2.05) is 5.43 Å². The zero-order chi connectivity index (χ0) is 37.9. The molecule has 4 rings (SSSR count). The molecular formula is C35H29Cl2N3O12. The summed E-state index contributed by atoms with van der Waals surface area (Å²) >= 11 is 11.7. The van der Waals surface area contributed by atoms with Gasteiger partial charge in [0, 0.05) is 26.9 Å². The smallest absolute Gasteiger partial charge is 0.349 e. The number of hydrazine groups is 1. The van der Waals surface area contributed by atoms with E-state index in [9.17, 15) is 33.9 Å². The molecule has 270 valence electrons. The summed E-state index contributed by atoms with van der Waals surface area (Å²) in [6.45, 7) is 0. The number of nitrogens with one attached hydrogen (secondary N) is 3. The number of carboxylic acids is 1. The number of carboxylic acid groups (broad SMARTS) is 1. The fraction of sp³-hybridized carbons (Fsp3) is 0.143. The second-order valence-corrected chi connectivity index (χ2v) is 11.3. The summed E-state index contributed by atoms with van der Waals surface area (Å²) in [6, 6.07) is 18.8. The maximum absolute atomic E-state index is 13.3. The van der Waals surface area contributed by atoms with Gasteiger partial charge in [-0.1, -0.05) is 23.2 Å². The molecule has 0 saturated carbocycles. The van der Waals surface area contributed by atoms with Crippen LogP contribution in [0.2, 0.25) is 10.0 Å². The first-order chi connectivity index (χ1) is 24.8. The molecule has 4 N–H and O–H groups in total. The number of hydrogen-bond donors (Lipinski definition) is 4. The number of aliphatic carboxylic acids is 1. The number of hydrogen-bond acceptors (Lipinski definition) is 11. The lowest BCUT2D eigenvalue weighted by Gasteiger charge is -2.23. The highest BCUT2D eigenvalue weighted by atomic mass is 35.5. The van der Waals surface area contributed by atoms with Crippen molar-refractivity contribution in [3.05, 3.63) is 117 Å². The molecular weight excluding hydrogens is 725 g/mol. The Morgan fingerprint density at radius 2 is 1.04 bits per heavy atom. The number of ether oxygens (including phenoxy) is 5. The Morgan fingerprint density at radius 3 is 1.48 bits per heavy atom. The maximum atomic E-state index is 13.3. The number of esters is 2. The van der Waals surface area contributed by atoms with E-state index in [4.69, 9.17) is 46.9 Å². The van der Waals surface area contributed by atoms with Crippen LogP contribution >= 0.6 is 23.2 Å². The lowest BCUT2D eigenvalue weighted by atomic mass is 10.1. The number of halogens is 2. The Labute approximate surface area is 305 Å². The molecule has 17 heteroatoms. The van der Waals surface area contributed by atoms with Gasteiger partial charge in [0.15, 0.2) is 11.5 Å². The second kappa shape index (κ2) is 17.6. The van der Waals surface area contributed by atoms with Crippen LogP contribution in [-0.2, 0) is 19.1 Å². The van der Waals surface area contributed by atoms with Crippen LogP contribution in [0.3, 0.4) is 0 Å². The van der Waals surface area contributed by atoms with Gasteiger partial charge in [-0.15, -0.1) is 0 Å². The molecule has 0 bridgehead atoms. The third kappa shape index (κ3) is 9.68. The van der Waals surface area contributed by atoms with Gasteiger partial charge in [-0.2, -0.15) is 0 Å². The van der Waals surface area contributed by atoms with E-state index in [0.29, 0.717) is 11.4 Å². The molecule has 0 aliphatic heterocycles. The number of carbonyl (C=O) groups excluding carboxylic acids is 5. The van der Waals surface area contributed by atoms with Crippen molar-refractivity contribution in [2.45, 2.75) is 12.2 Å². The van der Waals surface area contributed by atoms with Crippen molar-refractivity contribution < 1.29 is 57.6 Å². The normalized spacial score (nSPS) is 11.6. The number of amides is 3. The molecule has 0 radical (unpaired) electrons. The molecule has 0 unspecified atom stereocenters. The van der Waals surface area contributed by atoms with E-state index < -0.39 is 47.8 Å². The molecule has 3 amide bonds. The number of methoxy groups -OCH3 is 3. The average Bonchev–Trinajstić information content (AvgIpc) is 3.14. The van der Waals surface area contributed by atoms with Gasteiger partial charge < -0.3 is 34.1 Å². The van der Waals surface area contributed by atoms with Gasteiger partial charge >= 0.3 is 17.9 Å². The highest BCUT2D eigenvalue weighted by molar-refractivity contribution is 6.31. The molecule has 0 saturated heterocycles. The molecule has 0 aliphatic carbocycles. The SMILES string of the molecule is COc1cc(C(=O)Nc2ccc(C(=O)NNC(=O)[C@@H](OC(=O)c3ccc(Cl)cc3)[C@@H](OC(=O)c3ccc(Cl)cc3)C(=O)O)cc2)cc(OC)c1OC. The summed E-state index contributed by atoms with van der Waals surface area (Å²) < 4.78 is 26.1. The zero-order valence-corrected chi connectivity index (χ0v) is 28.9. The number of benzene rings is 4. The Kier molecular flexibility index (Phi) is 13.0. The minimum atomic E-state index is -2.37. The van der Waals surface area contributed by atoms with Crippen LogP contribution in [0.4, 0.5) is 5.69 Å². The van der Waals surface area contributed by atoms with Crippen LogP contribution in [0.15, 0.2) is 84.9 Å². The summed E-state index contributed by atoms with van der Waals surface area (Å²) in [4.78, 5) is 77.1. The Bertz CT molecular complexity index is 1950. The molecule has 15 nitrogen and oxygen atoms in total. The van der Waals surface area contributed by atoms with E-state index in [-0.39, 0.29) is 43.8 Å². The largest absolute Gasteiger partial charge is 0.493 e. The molecule has 0 aliphatic rings. The van der Waals surface area contributed by atoms with E-state index >= 15 is 0 Å². The van der Waals surface area contributed by atoms with E-state index in [0.717, 1.165) is 0 Å². The van der Waals surface area contributed by atoms with Crippen molar-refractivity contribution >= 4 is 64.5 Å². The quantitative estimate of drug-likeness (QED) is 0.110. The predicted octanol–water partition coefficient (Wildman–Crippen LogP) is 4.57. The Balaban J connectivity index is 1.47. The van der Waals surface area contributed by atoms with Gasteiger partial charge in [0.25, 0.3) is 17.7 Å². The molecule has 4 aromatic carbocycles. The average molecular weight is 755 g/mol. The molecule has 2 atom stereocenters. The Hall–Kier alpha value is -6.32. The first-order valence-corrected chi connectivity index (χ1v) is 15.6. The van der Waals surface area contributed by atoms with Crippen LogP contribution in [0.25, 0.3) is 0 Å². The zero-order valence-electron chi connectivity index (χ0n) is 27.4. The van der Waals surface area contributed by atoms with Crippen LogP contribution in [0.1, 0.15) is 41.4 Å². The van der Waals surface area contributed by atoms with Crippen molar-refractivity contribution in [2.75, 3.05) is 26.6 Å². The second-order valence-electron chi connectivity index (χ2n) is 10.4. The summed E-state index contributed by atoms with van der Waals surface area (Å²) in [5.74, 6) is -6.14. The summed E-state index contributed by atoms with van der Waals surface area (Å²) in [7, 11) is 4.23. The number of anilines is 1. The van der Waals surface area contributed by atoms with Gasteiger partial charge in [-0.25, -0.2) is 14.4 Å². The van der Waals surface area contributed by atoms with Crippen molar-refractivity contribution in [2.24, 2.45) is 0 Å². The maximum Gasteiger partial charge on any atom is 0.349 e. The third-order valence-electron chi connectivity index (χ3n) is 7.04. The summed E-state index contributed by atoms with van der Waals surface area (Å²) in [6.07, 6.45) is -4.67. The topological polar surface area (TPSA) is 205 Å². The van der Waals surface area contributed by atoms with Gasteiger partial charge in [-0.3, -0.25) is 25.2 Å². The monoisotopic (exact) mass is 753 g/mol. The van der Waals surface area contributed by atoms with Crippen molar-refractivity contribution in [3.63, 3.8) is 0 Å². The highest BCUT2D eigenvalue weighted by Crippen LogP contribution is 2.38. The van der Waals surface area contributed by atoms with Gasteiger partial charge in [0.1, 0.15) is 0 Å².